The number of hydrogen-bond donors (Lipinski definition) is 3. The molecule has 156 valence electrons. The lowest BCUT2D eigenvalue weighted by Gasteiger charge is -2.12. The Balaban J connectivity index is 1.73. The Bertz CT molecular complexity index is 1020. The predicted molar refractivity (Wildman–Crippen MR) is 110 cm³/mol. The van der Waals surface area contributed by atoms with Crippen LogP contribution in [0.2, 0.25) is 0 Å². The van der Waals surface area contributed by atoms with Crippen molar-refractivity contribution in [3.8, 4) is 23.1 Å². The number of nitrogens with one attached hydrogen (secondary N) is 1. The molecule has 0 aliphatic carbocycles. The minimum Gasteiger partial charge on any atom is -0.501 e. The van der Waals surface area contributed by atoms with Gasteiger partial charge in [0.2, 0.25) is 5.75 Å². The Hall–Kier alpha value is -3.81. The highest BCUT2D eigenvalue weighted by atomic mass is 16.5. The summed E-state index contributed by atoms with van der Waals surface area (Å²) in [5, 5.41) is 22.7. The van der Waals surface area contributed by atoms with Crippen molar-refractivity contribution in [1.82, 2.24) is 15.3 Å². The van der Waals surface area contributed by atoms with Gasteiger partial charge in [0.1, 0.15) is 17.3 Å². The van der Waals surface area contributed by atoms with Crippen LogP contribution in [-0.2, 0) is 19.4 Å². The first-order valence-electron chi connectivity index (χ1n) is 9.33. The SMILES string of the molecule is COc1ccc(CNC(=O)c2nc(CCc3ccccc3)nc(O)c2O)c(OC)c1. The quantitative estimate of drug-likeness (QED) is 0.524. The fraction of sp³-hybridized carbons (Fsp3) is 0.227. The first-order valence-corrected chi connectivity index (χ1v) is 9.33. The van der Waals surface area contributed by atoms with Gasteiger partial charge in [0, 0.05) is 24.6 Å². The van der Waals surface area contributed by atoms with Gasteiger partial charge >= 0.3 is 0 Å². The van der Waals surface area contributed by atoms with Crippen molar-refractivity contribution in [2.45, 2.75) is 19.4 Å². The number of amides is 1. The van der Waals surface area contributed by atoms with Gasteiger partial charge in [-0.05, 0) is 24.1 Å². The van der Waals surface area contributed by atoms with Crippen LogP contribution in [0.25, 0.3) is 0 Å². The van der Waals surface area contributed by atoms with E-state index in [1.807, 2.05) is 30.3 Å². The summed E-state index contributed by atoms with van der Waals surface area (Å²) in [6.07, 6.45) is 1.04. The lowest BCUT2D eigenvalue weighted by molar-refractivity contribution is 0.0941. The molecule has 0 unspecified atom stereocenters. The molecule has 0 radical (unpaired) electrons. The van der Waals surface area contributed by atoms with Crippen molar-refractivity contribution in [2.75, 3.05) is 14.2 Å². The molecular weight excluding hydrogens is 386 g/mol. The van der Waals surface area contributed by atoms with E-state index in [2.05, 4.69) is 15.3 Å². The molecule has 0 bridgehead atoms. The first-order chi connectivity index (χ1) is 14.5. The van der Waals surface area contributed by atoms with E-state index in [1.165, 1.54) is 7.11 Å². The number of carbonyl (C=O) groups is 1. The van der Waals surface area contributed by atoms with Crippen LogP contribution < -0.4 is 14.8 Å². The summed E-state index contributed by atoms with van der Waals surface area (Å²) in [6.45, 7) is 0.134. The number of aromatic hydroxyl groups is 2. The molecule has 0 aliphatic heterocycles. The number of methoxy groups -OCH3 is 2. The molecule has 3 rings (SSSR count). The van der Waals surface area contributed by atoms with Crippen molar-refractivity contribution >= 4 is 5.91 Å². The van der Waals surface area contributed by atoms with Gasteiger partial charge in [-0.3, -0.25) is 4.79 Å². The van der Waals surface area contributed by atoms with Crippen molar-refractivity contribution in [2.24, 2.45) is 0 Å². The van der Waals surface area contributed by atoms with E-state index < -0.39 is 17.5 Å². The lowest BCUT2D eigenvalue weighted by Crippen LogP contribution is -2.25. The van der Waals surface area contributed by atoms with Crippen LogP contribution >= 0.6 is 0 Å². The highest BCUT2D eigenvalue weighted by Gasteiger charge is 2.20. The fourth-order valence-electron chi connectivity index (χ4n) is 2.92. The summed E-state index contributed by atoms with van der Waals surface area (Å²) in [7, 11) is 3.07. The van der Waals surface area contributed by atoms with Gasteiger partial charge in [-0.1, -0.05) is 30.3 Å². The van der Waals surface area contributed by atoms with Crippen LogP contribution in [0.3, 0.4) is 0 Å². The minimum atomic E-state index is -0.655. The summed E-state index contributed by atoms with van der Waals surface area (Å²) in [6, 6.07) is 14.9. The van der Waals surface area contributed by atoms with Crippen LogP contribution in [0, 0.1) is 0 Å². The predicted octanol–water partition coefficient (Wildman–Crippen LogP) is 2.62. The number of carbonyl (C=O) groups excluding carboxylic acids is 1. The van der Waals surface area contributed by atoms with Crippen LogP contribution in [0.5, 0.6) is 23.1 Å². The monoisotopic (exact) mass is 409 g/mol. The van der Waals surface area contributed by atoms with Crippen molar-refractivity contribution in [3.63, 3.8) is 0 Å². The number of aromatic nitrogens is 2. The Morgan fingerprint density at radius 3 is 2.47 bits per heavy atom. The zero-order chi connectivity index (χ0) is 21.5. The molecule has 8 nitrogen and oxygen atoms in total. The average molecular weight is 409 g/mol. The minimum absolute atomic E-state index is 0.134. The Morgan fingerprint density at radius 2 is 1.77 bits per heavy atom. The summed E-state index contributed by atoms with van der Waals surface area (Å²) < 4.78 is 10.5. The topological polar surface area (TPSA) is 114 Å². The van der Waals surface area contributed by atoms with Crippen molar-refractivity contribution in [1.29, 1.82) is 0 Å². The molecule has 1 aromatic heterocycles. The van der Waals surface area contributed by atoms with Gasteiger partial charge < -0.3 is 25.0 Å². The second-order valence-electron chi connectivity index (χ2n) is 6.51. The van der Waals surface area contributed by atoms with Crippen molar-refractivity contribution < 1.29 is 24.5 Å². The maximum absolute atomic E-state index is 12.6. The number of aryl methyl sites for hydroxylation is 2. The lowest BCUT2D eigenvalue weighted by atomic mass is 10.1. The Labute approximate surface area is 174 Å². The molecule has 1 heterocycles. The van der Waals surface area contributed by atoms with Crippen LogP contribution in [0.15, 0.2) is 48.5 Å². The summed E-state index contributed by atoms with van der Waals surface area (Å²) in [5.41, 5.74) is 1.51. The zero-order valence-electron chi connectivity index (χ0n) is 16.8. The van der Waals surface area contributed by atoms with Crippen LogP contribution in [0.4, 0.5) is 0 Å². The summed E-state index contributed by atoms with van der Waals surface area (Å²) >= 11 is 0. The second kappa shape index (κ2) is 9.60. The average Bonchev–Trinajstić information content (AvgIpc) is 2.78. The second-order valence-corrected chi connectivity index (χ2v) is 6.51. The van der Waals surface area contributed by atoms with Crippen molar-refractivity contribution in [3.05, 3.63) is 71.2 Å². The number of rotatable bonds is 8. The smallest absolute Gasteiger partial charge is 0.274 e. The maximum atomic E-state index is 12.6. The largest absolute Gasteiger partial charge is 0.501 e. The Kier molecular flexibility index (Phi) is 6.69. The van der Waals surface area contributed by atoms with Gasteiger partial charge in [-0.15, -0.1) is 0 Å². The molecule has 0 atom stereocenters. The third-order valence-electron chi connectivity index (χ3n) is 4.54. The van der Waals surface area contributed by atoms with Gasteiger partial charge in [-0.25, -0.2) is 4.98 Å². The molecule has 1 amide bonds. The van der Waals surface area contributed by atoms with E-state index in [-0.39, 0.29) is 18.1 Å². The molecule has 8 heteroatoms. The molecule has 30 heavy (non-hydrogen) atoms. The molecule has 0 aliphatic rings. The number of benzene rings is 2. The molecule has 3 N–H and O–H groups in total. The zero-order valence-corrected chi connectivity index (χ0v) is 16.8. The molecule has 2 aromatic carbocycles. The van der Waals surface area contributed by atoms with Gasteiger partial charge in [0.05, 0.1) is 14.2 Å². The number of hydrogen-bond acceptors (Lipinski definition) is 7. The molecule has 0 spiro atoms. The summed E-state index contributed by atoms with van der Waals surface area (Å²) in [4.78, 5) is 20.6. The van der Waals surface area contributed by atoms with Crippen LogP contribution in [0.1, 0.15) is 27.4 Å². The number of nitrogens with zero attached hydrogens (tertiary/aromatic N) is 2. The van der Waals surface area contributed by atoms with E-state index >= 15 is 0 Å². The Morgan fingerprint density at radius 1 is 1.00 bits per heavy atom. The van der Waals surface area contributed by atoms with E-state index in [0.717, 1.165) is 5.56 Å². The molecule has 0 saturated heterocycles. The fourth-order valence-corrected chi connectivity index (χ4v) is 2.92. The van der Waals surface area contributed by atoms with E-state index in [9.17, 15) is 15.0 Å². The normalized spacial score (nSPS) is 10.5. The molecule has 0 fully saturated rings. The summed E-state index contributed by atoms with van der Waals surface area (Å²) in [5.74, 6) is -0.473. The molecule has 0 saturated carbocycles. The first kappa shape index (κ1) is 20.9. The molecular formula is C22H23N3O5. The van der Waals surface area contributed by atoms with Gasteiger partial charge in [0.15, 0.2) is 5.69 Å². The standard InChI is InChI=1S/C22H23N3O5/c1-29-16-10-9-15(17(12-16)30-2)13-23-21(27)19-20(26)22(28)25-18(24-19)11-8-14-6-4-3-5-7-14/h3-7,9-10,12,26H,8,11,13H2,1-2H3,(H,23,27)(H,24,25,28). The third kappa shape index (κ3) is 4.96. The van der Waals surface area contributed by atoms with E-state index in [0.29, 0.717) is 29.9 Å². The van der Waals surface area contributed by atoms with Gasteiger partial charge in [0.25, 0.3) is 11.8 Å². The van der Waals surface area contributed by atoms with E-state index in [1.54, 1.807) is 25.3 Å². The van der Waals surface area contributed by atoms with Gasteiger partial charge in [-0.2, -0.15) is 4.98 Å². The molecule has 3 aromatic rings. The van der Waals surface area contributed by atoms with Crippen LogP contribution in [-0.4, -0.2) is 40.3 Å². The highest BCUT2D eigenvalue weighted by Crippen LogP contribution is 2.27. The number of ether oxygens (including phenoxy) is 2. The maximum Gasteiger partial charge on any atom is 0.274 e. The highest BCUT2D eigenvalue weighted by molar-refractivity contribution is 5.95. The third-order valence-corrected chi connectivity index (χ3v) is 4.54. The van der Waals surface area contributed by atoms with E-state index in [4.69, 9.17) is 9.47 Å².